The molecule has 0 saturated carbocycles. The van der Waals surface area contributed by atoms with Crippen molar-refractivity contribution in [2.24, 2.45) is 4.99 Å². The molecule has 7 nitrogen and oxygen atoms in total. The normalized spacial score (nSPS) is 13.0. The topological polar surface area (TPSA) is 84.2 Å². The maximum absolute atomic E-state index is 13.0. The molecule has 0 bridgehead atoms. The van der Waals surface area contributed by atoms with E-state index >= 15 is 0 Å². The predicted octanol–water partition coefficient (Wildman–Crippen LogP) is 7.08. The van der Waals surface area contributed by atoms with Crippen LogP contribution in [0.15, 0.2) is 77.8 Å². The molecule has 8 heteroatoms. The Kier molecular flexibility index (Phi) is 9.65. The molecule has 1 aromatic heterocycles. The number of esters is 1. The highest BCUT2D eigenvalue weighted by molar-refractivity contribution is 7.16. The van der Waals surface area contributed by atoms with E-state index in [2.05, 4.69) is 35.2 Å². The summed E-state index contributed by atoms with van der Waals surface area (Å²) in [5.41, 5.74) is 5.10. The largest absolute Gasteiger partial charge is 0.490 e. The van der Waals surface area contributed by atoms with Gasteiger partial charge < -0.3 is 14.2 Å². The molecule has 0 saturated heterocycles. The molecular weight excluding hydrogens is 546 g/mol. The summed E-state index contributed by atoms with van der Waals surface area (Å²) in [5.74, 6) is 0.845. The minimum atomic E-state index is -0.324. The quantitative estimate of drug-likeness (QED) is 0.139. The van der Waals surface area contributed by atoms with E-state index < -0.39 is 0 Å². The van der Waals surface area contributed by atoms with Crippen LogP contribution in [0.2, 0.25) is 0 Å². The number of carbonyl (C=O) groups excluding carboxylic acids is 1. The molecule has 1 aliphatic heterocycles. The third-order valence-corrected chi connectivity index (χ3v) is 8.09. The molecule has 4 aromatic rings. The lowest BCUT2D eigenvalue weighted by molar-refractivity contribution is 0.0526. The molecule has 0 aliphatic carbocycles. The van der Waals surface area contributed by atoms with Gasteiger partial charge in [-0.05, 0) is 61.2 Å². The van der Waals surface area contributed by atoms with Crippen molar-refractivity contribution < 1.29 is 19.0 Å². The van der Waals surface area contributed by atoms with Crippen LogP contribution >= 0.6 is 11.3 Å². The first kappa shape index (κ1) is 29.1. The number of rotatable bonds is 11. The smallest absolute Gasteiger partial charge is 0.341 e. The van der Waals surface area contributed by atoms with E-state index in [4.69, 9.17) is 19.2 Å². The summed E-state index contributed by atoms with van der Waals surface area (Å²) in [6.07, 6.45) is 2.52. The first-order valence-electron chi connectivity index (χ1n) is 14.1. The van der Waals surface area contributed by atoms with Gasteiger partial charge in [-0.3, -0.25) is 4.90 Å². The molecule has 0 amide bonds. The van der Waals surface area contributed by atoms with Gasteiger partial charge in [-0.1, -0.05) is 48.5 Å². The summed E-state index contributed by atoms with van der Waals surface area (Å²) in [6.45, 7) is 7.26. The fourth-order valence-electron chi connectivity index (χ4n) is 4.96. The SMILES string of the molecule is CCOC(=O)c1c(N=Cc2ccc(OCc3ccccc3C#N)c(OCC)c2)sc2c1CCN(Cc1ccccc1)C2. The highest BCUT2D eigenvalue weighted by atomic mass is 32.1. The number of fused-ring (bicyclic) bond motifs is 1. The summed E-state index contributed by atoms with van der Waals surface area (Å²) >= 11 is 1.55. The molecule has 5 rings (SSSR count). The molecule has 0 atom stereocenters. The summed E-state index contributed by atoms with van der Waals surface area (Å²) in [4.78, 5) is 21.4. The van der Waals surface area contributed by atoms with Crippen molar-refractivity contribution in [1.29, 1.82) is 5.26 Å². The van der Waals surface area contributed by atoms with Gasteiger partial charge in [0.05, 0.1) is 30.4 Å². The number of hydrogen-bond donors (Lipinski definition) is 0. The highest BCUT2D eigenvalue weighted by Crippen LogP contribution is 2.40. The fourth-order valence-corrected chi connectivity index (χ4v) is 6.18. The Morgan fingerprint density at radius 2 is 1.83 bits per heavy atom. The van der Waals surface area contributed by atoms with Crippen molar-refractivity contribution in [3.63, 3.8) is 0 Å². The molecule has 0 spiro atoms. The van der Waals surface area contributed by atoms with Gasteiger partial charge in [0.2, 0.25) is 0 Å². The van der Waals surface area contributed by atoms with Crippen molar-refractivity contribution in [3.8, 4) is 17.6 Å². The van der Waals surface area contributed by atoms with Crippen LogP contribution in [0.25, 0.3) is 0 Å². The van der Waals surface area contributed by atoms with Gasteiger partial charge in [0.15, 0.2) is 11.5 Å². The molecule has 42 heavy (non-hydrogen) atoms. The standard InChI is InChI=1S/C34H33N3O4S/c1-3-39-30-18-25(14-15-29(30)41-23-27-13-9-8-12-26(27)19-35)20-36-33-32(34(38)40-4-2)28-16-17-37(22-31(28)42-33)21-24-10-6-5-7-11-24/h5-15,18,20H,3-4,16-17,21-23H2,1-2H3. The molecule has 0 fully saturated rings. The van der Waals surface area contributed by atoms with Crippen LogP contribution in [0.1, 0.15) is 56.9 Å². The van der Waals surface area contributed by atoms with E-state index in [-0.39, 0.29) is 12.6 Å². The molecule has 0 N–H and O–H groups in total. The summed E-state index contributed by atoms with van der Waals surface area (Å²) < 4.78 is 17.3. The molecule has 0 radical (unpaired) electrons. The maximum atomic E-state index is 13.0. The molecule has 214 valence electrons. The van der Waals surface area contributed by atoms with E-state index in [1.165, 1.54) is 5.56 Å². The number of aliphatic imine (C=N–C) groups is 1. The first-order valence-corrected chi connectivity index (χ1v) is 14.9. The zero-order chi connectivity index (χ0) is 29.3. The van der Waals surface area contributed by atoms with Crippen molar-refractivity contribution in [1.82, 2.24) is 4.90 Å². The number of nitriles is 1. The number of ether oxygens (including phenoxy) is 3. The van der Waals surface area contributed by atoms with Crippen LogP contribution in [0.3, 0.4) is 0 Å². The van der Waals surface area contributed by atoms with Gasteiger partial charge >= 0.3 is 5.97 Å². The van der Waals surface area contributed by atoms with E-state index in [1.54, 1.807) is 23.6 Å². The zero-order valence-corrected chi connectivity index (χ0v) is 24.7. The van der Waals surface area contributed by atoms with Crippen molar-refractivity contribution in [2.45, 2.75) is 40.0 Å². The lowest BCUT2D eigenvalue weighted by Gasteiger charge is -2.27. The van der Waals surface area contributed by atoms with Crippen molar-refractivity contribution in [2.75, 3.05) is 19.8 Å². The monoisotopic (exact) mass is 579 g/mol. The van der Waals surface area contributed by atoms with Crippen LogP contribution < -0.4 is 9.47 Å². The second-order valence-electron chi connectivity index (χ2n) is 9.81. The Labute approximate surface area is 250 Å². The minimum absolute atomic E-state index is 0.252. The second kappa shape index (κ2) is 13.9. The molecule has 3 aromatic carbocycles. The van der Waals surface area contributed by atoms with Crippen LogP contribution in [-0.2, 0) is 30.9 Å². The number of thiophene rings is 1. The summed E-state index contributed by atoms with van der Waals surface area (Å²) in [7, 11) is 0. The van der Waals surface area contributed by atoms with Gasteiger partial charge in [-0.15, -0.1) is 11.3 Å². The van der Waals surface area contributed by atoms with E-state index in [0.717, 1.165) is 47.6 Å². The Morgan fingerprint density at radius 3 is 2.62 bits per heavy atom. The maximum Gasteiger partial charge on any atom is 0.341 e. The second-order valence-corrected chi connectivity index (χ2v) is 10.9. The number of hydrogen-bond acceptors (Lipinski definition) is 8. The summed E-state index contributed by atoms with van der Waals surface area (Å²) in [6, 6.07) is 25.6. The predicted molar refractivity (Wildman–Crippen MR) is 165 cm³/mol. The highest BCUT2D eigenvalue weighted by Gasteiger charge is 2.28. The molecular formula is C34H33N3O4S. The third kappa shape index (κ3) is 6.88. The van der Waals surface area contributed by atoms with Gasteiger partial charge in [-0.2, -0.15) is 5.26 Å². The summed E-state index contributed by atoms with van der Waals surface area (Å²) in [5, 5.41) is 10.0. The van der Waals surface area contributed by atoms with E-state index in [0.29, 0.717) is 40.8 Å². The van der Waals surface area contributed by atoms with Gasteiger partial charge in [0.1, 0.15) is 11.6 Å². The molecule has 2 heterocycles. The Hall–Kier alpha value is -4.45. The minimum Gasteiger partial charge on any atom is -0.490 e. The third-order valence-electron chi connectivity index (χ3n) is 6.97. The zero-order valence-electron chi connectivity index (χ0n) is 23.8. The van der Waals surface area contributed by atoms with Crippen molar-refractivity contribution in [3.05, 3.63) is 111 Å². The van der Waals surface area contributed by atoms with Crippen LogP contribution in [0.4, 0.5) is 5.00 Å². The van der Waals surface area contributed by atoms with Gasteiger partial charge in [0.25, 0.3) is 0 Å². The van der Waals surface area contributed by atoms with Crippen LogP contribution in [-0.4, -0.2) is 36.8 Å². The van der Waals surface area contributed by atoms with Gasteiger partial charge in [-0.25, -0.2) is 9.79 Å². The molecule has 1 aliphatic rings. The lowest BCUT2D eigenvalue weighted by Crippen LogP contribution is -2.29. The van der Waals surface area contributed by atoms with Crippen LogP contribution in [0.5, 0.6) is 11.5 Å². The Bertz CT molecular complexity index is 1610. The van der Waals surface area contributed by atoms with Crippen molar-refractivity contribution >= 4 is 28.5 Å². The number of benzene rings is 3. The Balaban J connectivity index is 1.37. The van der Waals surface area contributed by atoms with Gasteiger partial charge in [0, 0.05) is 36.3 Å². The molecule has 0 unspecified atom stereocenters. The average Bonchev–Trinajstić information content (AvgIpc) is 3.38. The lowest BCUT2D eigenvalue weighted by atomic mass is 10.0. The van der Waals surface area contributed by atoms with E-state index in [1.807, 2.05) is 56.3 Å². The number of carbonyl (C=O) groups is 1. The number of nitrogens with zero attached hydrogens (tertiary/aromatic N) is 3. The van der Waals surface area contributed by atoms with E-state index in [9.17, 15) is 10.1 Å². The fraction of sp³-hybridized carbons (Fsp3) is 0.265. The average molecular weight is 580 g/mol. The first-order chi connectivity index (χ1) is 20.6. The van der Waals surface area contributed by atoms with Crippen LogP contribution in [0, 0.1) is 11.3 Å². The Morgan fingerprint density at radius 1 is 1.02 bits per heavy atom.